The lowest BCUT2D eigenvalue weighted by molar-refractivity contribution is -0.0139. The first-order valence-electron chi connectivity index (χ1n) is 10.2. The maximum absolute atomic E-state index is 5.63. The van der Waals surface area contributed by atoms with Crippen LogP contribution in [0, 0.1) is 0 Å². The molecule has 2 rings (SSSR count). The van der Waals surface area contributed by atoms with E-state index >= 15 is 0 Å². The monoisotopic (exact) mass is 498 g/mol. The van der Waals surface area contributed by atoms with Gasteiger partial charge in [0.15, 0.2) is 5.96 Å². The van der Waals surface area contributed by atoms with E-state index in [4.69, 9.17) is 19.2 Å². The van der Waals surface area contributed by atoms with Crippen molar-refractivity contribution >= 4 is 29.9 Å². The maximum atomic E-state index is 5.63. The van der Waals surface area contributed by atoms with Crippen molar-refractivity contribution in [2.45, 2.75) is 44.6 Å². The summed E-state index contributed by atoms with van der Waals surface area (Å²) >= 11 is 0. The molecule has 0 spiro atoms. The Morgan fingerprint density at radius 1 is 1.11 bits per heavy atom. The molecular formula is C19H39IN4O3. The fourth-order valence-corrected chi connectivity index (χ4v) is 3.71. The highest BCUT2D eigenvalue weighted by Crippen LogP contribution is 2.31. The van der Waals surface area contributed by atoms with Gasteiger partial charge in [-0.3, -0.25) is 9.89 Å². The first-order chi connectivity index (χ1) is 12.8. The molecular weight excluding hydrogens is 459 g/mol. The van der Waals surface area contributed by atoms with Crippen LogP contribution in [0.2, 0.25) is 0 Å². The molecule has 2 aliphatic rings. The molecule has 2 aliphatic heterocycles. The molecule has 0 unspecified atom stereocenters. The third kappa shape index (κ3) is 8.81. The lowest BCUT2D eigenvalue weighted by Gasteiger charge is -2.43. The average Bonchev–Trinajstić information content (AvgIpc) is 3.21. The van der Waals surface area contributed by atoms with E-state index < -0.39 is 0 Å². The standard InChI is InChI=1S/C19H38N4O3.HI/c1-3-20-18(21-9-6-12-25-16-15-24-2)22-17-19(7-13-26-14-8-19)23-10-4-5-11-23;/h3-17H2,1-2H3,(H2,20,21,22);1H. The predicted octanol–water partition coefficient (Wildman–Crippen LogP) is 1.86. The van der Waals surface area contributed by atoms with E-state index in [2.05, 4.69) is 22.5 Å². The lowest BCUT2D eigenvalue weighted by atomic mass is 9.88. The second-order valence-electron chi connectivity index (χ2n) is 7.11. The first kappa shape index (κ1) is 24.9. The van der Waals surface area contributed by atoms with Gasteiger partial charge in [-0.1, -0.05) is 0 Å². The first-order valence-corrected chi connectivity index (χ1v) is 10.2. The van der Waals surface area contributed by atoms with E-state index in [1.54, 1.807) is 7.11 Å². The van der Waals surface area contributed by atoms with Gasteiger partial charge >= 0.3 is 0 Å². The molecule has 160 valence electrons. The highest BCUT2D eigenvalue weighted by molar-refractivity contribution is 14.0. The van der Waals surface area contributed by atoms with Crippen molar-refractivity contribution in [3.8, 4) is 0 Å². The van der Waals surface area contributed by atoms with Gasteiger partial charge in [0.1, 0.15) is 0 Å². The summed E-state index contributed by atoms with van der Waals surface area (Å²) in [6.45, 7) is 10.9. The van der Waals surface area contributed by atoms with E-state index in [9.17, 15) is 0 Å². The molecule has 0 radical (unpaired) electrons. The van der Waals surface area contributed by atoms with Crippen molar-refractivity contribution in [3.05, 3.63) is 0 Å². The van der Waals surface area contributed by atoms with Gasteiger partial charge in [-0.25, -0.2) is 0 Å². The average molecular weight is 498 g/mol. The summed E-state index contributed by atoms with van der Waals surface area (Å²) < 4.78 is 16.1. The van der Waals surface area contributed by atoms with Crippen LogP contribution >= 0.6 is 24.0 Å². The molecule has 0 atom stereocenters. The van der Waals surface area contributed by atoms with Crippen LogP contribution in [0.1, 0.15) is 39.0 Å². The van der Waals surface area contributed by atoms with E-state index in [0.717, 1.165) is 64.7 Å². The largest absolute Gasteiger partial charge is 0.382 e. The number of likely N-dealkylation sites (tertiary alicyclic amines) is 1. The number of hydrogen-bond acceptors (Lipinski definition) is 5. The molecule has 0 aromatic carbocycles. The number of aliphatic imine (C=N–C) groups is 1. The molecule has 0 amide bonds. The summed E-state index contributed by atoms with van der Waals surface area (Å²) in [5.74, 6) is 0.912. The number of nitrogens with zero attached hydrogens (tertiary/aromatic N) is 2. The molecule has 2 fully saturated rings. The van der Waals surface area contributed by atoms with Crippen molar-refractivity contribution in [3.63, 3.8) is 0 Å². The third-order valence-electron chi connectivity index (χ3n) is 5.27. The van der Waals surface area contributed by atoms with Gasteiger partial charge in [-0.2, -0.15) is 0 Å². The van der Waals surface area contributed by atoms with Crippen LogP contribution in [0.15, 0.2) is 4.99 Å². The zero-order chi connectivity index (χ0) is 18.5. The summed E-state index contributed by atoms with van der Waals surface area (Å²) in [7, 11) is 1.69. The molecule has 7 nitrogen and oxygen atoms in total. The van der Waals surface area contributed by atoms with Gasteiger partial charge in [0.25, 0.3) is 0 Å². The van der Waals surface area contributed by atoms with Gasteiger partial charge in [0, 0.05) is 45.6 Å². The summed E-state index contributed by atoms with van der Waals surface area (Å²) in [6.07, 6.45) is 5.76. The molecule has 2 saturated heterocycles. The van der Waals surface area contributed by atoms with Crippen LogP contribution in [0.5, 0.6) is 0 Å². The Morgan fingerprint density at radius 3 is 2.52 bits per heavy atom. The van der Waals surface area contributed by atoms with Crippen LogP contribution in [0.25, 0.3) is 0 Å². The molecule has 0 saturated carbocycles. The summed E-state index contributed by atoms with van der Waals surface area (Å²) in [5, 5.41) is 6.81. The van der Waals surface area contributed by atoms with Gasteiger partial charge < -0.3 is 24.8 Å². The van der Waals surface area contributed by atoms with E-state index in [1.807, 2.05) is 0 Å². The van der Waals surface area contributed by atoms with Crippen LogP contribution in [0.3, 0.4) is 0 Å². The zero-order valence-electron chi connectivity index (χ0n) is 17.1. The molecule has 27 heavy (non-hydrogen) atoms. The lowest BCUT2D eigenvalue weighted by Crippen LogP contribution is -2.54. The number of halogens is 1. The van der Waals surface area contributed by atoms with Crippen molar-refractivity contribution in [1.82, 2.24) is 15.5 Å². The molecule has 0 aliphatic carbocycles. The third-order valence-corrected chi connectivity index (χ3v) is 5.27. The Hall–Kier alpha value is -0.160. The van der Waals surface area contributed by atoms with Gasteiger partial charge in [0.05, 0.1) is 19.8 Å². The number of ether oxygens (including phenoxy) is 3. The van der Waals surface area contributed by atoms with Crippen LogP contribution in [-0.4, -0.2) is 89.3 Å². The fraction of sp³-hybridized carbons (Fsp3) is 0.947. The highest BCUT2D eigenvalue weighted by atomic mass is 127. The Kier molecular flexibility index (Phi) is 13.6. The summed E-state index contributed by atoms with van der Waals surface area (Å²) in [4.78, 5) is 7.60. The fourth-order valence-electron chi connectivity index (χ4n) is 3.71. The van der Waals surface area contributed by atoms with Crippen LogP contribution in [-0.2, 0) is 14.2 Å². The van der Waals surface area contributed by atoms with Crippen LogP contribution < -0.4 is 10.6 Å². The second-order valence-corrected chi connectivity index (χ2v) is 7.11. The Morgan fingerprint density at radius 2 is 1.85 bits per heavy atom. The van der Waals surface area contributed by atoms with Crippen molar-refractivity contribution in [1.29, 1.82) is 0 Å². The normalized spacial score (nSPS) is 20.3. The van der Waals surface area contributed by atoms with Crippen molar-refractivity contribution < 1.29 is 14.2 Å². The molecule has 0 aromatic rings. The predicted molar refractivity (Wildman–Crippen MR) is 120 cm³/mol. The molecule has 2 heterocycles. The Bertz CT molecular complexity index is 400. The van der Waals surface area contributed by atoms with E-state index in [-0.39, 0.29) is 29.5 Å². The van der Waals surface area contributed by atoms with Gasteiger partial charge in [-0.15, -0.1) is 24.0 Å². The molecule has 8 heteroatoms. The number of hydrogen-bond donors (Lipinski definition) is 2. The van der Waals surface area contributed by atoms with Gasteiger partial charge in [-0.05, 0) is 52.1 Å². The van der Waals surface area contributed by atoms with E-state index in [0.29, 0.717) is 13.2 Å². The van der Waals surface area contributed by atoms with Crippen molar-refractivity contribution in [2.75, 3.05) is 72.9 Å². The smallest absolute Gasteiger partial charge is 0.191 e. The number of nitrogens with one attached hydrogen (secondary N) is 2. The minimum absolute atomic E-state index is 0. The number of rotatable bonds is 11. The van der Waals surface area contributed by atoms with Crippen LogP contribution in [0.4, 0.5) is 0 Å². The molecule has 0 aromatic heterocycles. The zero-order valence-corrected chi connectivity index (χ0v) is 19.5. The molecule has 0 bridgehead atoms. The topological polar surface area (TPSA) is 67.4 Å². The highest BCUT2D eigenvalue weighted by Gasteiger charge is 2.39. The number of guanidine groups is 1. The molecule has 2 N–H and O–H groups in total. The Balaban J connectivity index is 0.00000364. The summed E-state index contributed by atoms with van der Waals surface area (Å²) in [5.41, 5.74) is 0.181. The second kappa shape index (κ2) is 14.8. The number of methoxy groups -OCH3 is 1. The quantitative estimate of drug-likeness (QED) is 0.196. The van der Waals surface area contributed by atoms with E-state index in [1.165, 1.54) is 25.9 Å². The Labute approximate surface area is 182 Å². The minimum Gasteiger partial charge on any atom is -0.382 e. The maximum Gasteiger partial charge on any atom is 0.191 e. The van der Waals surface area contributed by atoms with Gasteiger partial charge in [0.2, 0.25) is 0 Å². The minimum atomic E-state index is 0. The summed E-state index contributed by atoms with van der Waals surface area (Å²) in [6, 6.07) is 0. The SMILES string of the molecule is CCNC(=NCC1(N2CCCC2)CCOCC1)NCCCOCCOC.I. The van der Waals surface area contributed by atoms with Crippen molar-refractivity contribution in [2.24, 2.45) is 4.99 Å².